The summed E-state index contributed by atoms with van der Waals surface area (Å²) in [6.07, 6.45) is 4.69. The van der Waals surface area contributed by atoms with Gasteiger partial charge in [0.05, 0.1) is 5.56 Å². The number of allylic oxidation sites excluding steroid dienone is 2. The van der Waals surface area contributed by atoms with Crippen molar-refractivity contribution in [2.45, 2.75) is 33.2 Å². The van der Waals surface area contributed by atoms with E-state index in [9.17, 15) is 19.1 Å². The summed E-state index contributed by atoms with van der Waals surface area (Å²) in [5.74, 6) is -1.30. The quantitative estimate of drug-likeness (QED) is 0.541. The number of rotatable bonds is 6. The van der Waals surface area contributed by atoms with Crippen molar-refractivity contribution in [2.75, 3.05) is 13.1 Å². The second-order valence-electron chi connectivity index (χ2n) is 6.96. The number of thioether (sulfide) groups is 1. The van der Waals surface area contributed by atoms with Crippen LogP contribution in [-0.4, -0.2) is 38.6 Å². The van der Waals surface area contributed by atoms with Crippen LogP contribution >= 0.6 is 11.8 Å². The van der Waals surface area contributed by atoms with Gasteiger partial charge in [-0.3, -0.25) is 15.0 Å². The average Bonchev–Trinajstić information content (AvgIpc) is 2.72. The average molecular weight is 430 g/mol. The SMILES string of the molecule is CC/C=C(\Cc1ccc(F)cc1)SC(=N)c1cn2c(c(O)c1=O)C(=O)N(CC)CC2. The van der Waals surface area contributed by atoms with Crippen LogP contribution in [0.1, 0.15) is 41.9 Å². The third-order valence-electron chi connectivity index (χ3n) is 4.94. The summed E-state index contributed by atoms with van der Waals surface area (Å²) in [4.78, 5) is 27.6. The van der Waals surface area contributed by atoms with E-state index in [2.05, 4.69) is 0 Å². The zero-order valence-corrected chi connectivity index (χ0v) is 17.8. The molecule has 0 fully saturated rings. The van der Waals surface area contributed by atoms with E-state index in [1.807, 2.05) is 19.9 Å². The standard InChI is InChI=1S/C22H24FN3O3S/c1-3-5-16(12-14-6-8-15(23)9-7-14)30-21(24)17-13-26-11-10-25(4-2)22(29)18(26)20(28)19(17)27/h5-9,13,24,28H,3-4,10-12H2,1-2H3/b16-5+,24-21?. The van der Waals surface area contributed by atoms with E-state index in [0.717, 1.165) is 28.7 Å². The molecule has 0 saturated heterocycles. The van der Waals surface area contributed by atoms with Crippen molar-refractivity contribution < 1.29 is 14.3 Å². The Bertz CT molecular complexity index is 1060. The van der Waals surface area contributed by atoms with E-state index >= 15 is 0 Å². The molecule has 1 aliphatic heterocycles. The molecule has 30 heavy (non-hydrogen) atoms. The fraction of sp³-hybridized carbons (Fsp3) is 0.318. The van der Waals surface area contributed by atoms with Gasteiger partial charge in [0.15, 0.2) is 11.4 Å². The topological polar surface area (TPSA) is 86.4 Å². The Morgan fingerprint density at radius 1 is 1.23 bits per heavy atom. The number of aromatic hydroxyl groups is 1. The van der Waals surface area contributed by atoms with Crippen LogP contribution in [-0.2, 0) is 13.0 Å². The van der Waals surface area contributed by atoms with E-state index in [1.54, 1.807) is 21.6 Å². The number of fused-ring (bicyclic) bond motifs is 1. The largest absolute Gasteiger partial charge is 0.503 e. The molecular weight excluding hydrogens is 405 g/mol. The van der Waals surface area contributed by atoms with Crippen molar-refractivity contribution >= 4 is 22.7 Å². The first-order valence-corrected chi connectivity index (χ1v) is 10.6. The molecule has 1 aromatic carbocycles. The summed E-state index contributed by atoms with van der Waals surface area (Å²) in [5, 5.41) is 18.9. The molecule has 6 nitrogen and oxygen atoms in total. The van der Waals surface area contributed by atoms with E-state index in [1.165, 1.54) is 18.3 Å². The predicted molar refractivity (Wildman–Crippen MR) is 117 cm³/mol. The summed E-state index contributed by atoms with van der Waals surface area (Å²) in [6, 6.07) is 6.15. The number of nitrogens with one attached hydrogen (secondary N) is 1. The molecule has 1 aromatic heterocycles. The smallest absolute Gasteiger partial charge is 0.274 e. The Labute approximate surface area is 178 Å². The highest BCUT2D eigenvalue weighted by Gasteiger charge is 2.29. The van der Waals surface area contributed by atoms with Gasteiger partial charge < -0.3 is 14.6 Å². The number of hydrogen-bond donors (Lipinski definition) is 2. The van der Waals surface area contributed by atoms with Crippen LogP contribution in [0.3, 0.4) is 0 Å². The minimum absolute atomic E-state index is 0.00205. The minimum atomic E-state index is -0.720. The number of hydrogen-bond acceptors (Lipinski definition) is 5. The summed E-state index contributed by atoms with van der Waals surface area (Å²) in [7, 11) is 0. The Kier molecular flexibility index (Phi) is 6.77. The van der Waals surface area contributed by atoms with Gasteiger partial charge in [0.2, 0.25) is 5.43 Å². The second kappa shape index (κ2) is 9.30. The van der Waals surface area contributed by atoms with Gasteiger partial charge in [-0.15, -0.1) is 0 Å². The van der Waals surface area contributed by atoms with Crippen LogP contribution in [0, 0.1) is 11.2 Å². The van der Waals surface area contributed by atoms with Crippen molar-refractivity contribution in [1.82, 2.24) is 9.47 Å². The minimum Gasteiger partial charge on any atom is -0.503 e. The maximum Gasteiger partial charge on any atom is 0.274 e. The lowest BCUT2D eigenvalue weighted by Gasteiger charge is -2.29. The van der Waals surface area contributed by atoms with Gasteiger partial charge in [0.25, 0.3) is 5.91 Å². The highest BCUT2D eigenvalue weighted by Crippen LogP contribution is 2.27. The third kappa shape index (κ3) is 4.48. The monoisotopic (exact) mass is 429 g/mol. The van der Waals surface area contributed by atoms with Crippen LogP contribution in [0.2, 0.25) is 0 Å². The number of aromatic nitrogens is 1. The zero-order valence-electron chi connectivity index (χ0n) is 16.9. The van der Waals surface area contributed by atoms with Crippen LogP contribution in [0.4, 0.5) is 4.39 Å². The molecule has 1 aliphatic rings. The normalized spacial score (nSPS) is 14.0. The number of amides is 1. The van der Waals surface area contributed by atoms with Crippen LogP contribution in [0.5, 0.6) is 5.75 Å². The molecular formula is C22H24FN3O3S. The molecule has 2 heterocycles. The van der Waals surface area contributed by atoms with Crippen LogP contribution in [0.15, 0.2) is 46.2 Å². The van der Waals surface area contributed by atoms with Crippen LogP contribution < -0.4 is 5.43 Å². The molecule has 0 unspecified atom stereocenters. The van der Waals surface area contributed by atoms with E-state index in [4.69, 9.17) is 5.41 Å². The summed E-state index contributed by atoms with van der Waals surface area (Å²) in [5.41, 5.74) is 0.208. The van der Waals surface area contributed by atoms with E-state index in [0.29, 0.717) is 26.1 Å². The van der Waals surface area contributed by atoms with E-state index < -0.39 is 11.2 Å². The highest BCUT2D eigenvalue weighted by molar-refractivity contribution is 8.17. The first-order chi connectivity index (χ1) is 14.3. The Hall–Kier alpha value is -2.87. The van der Waals surface area contributed by atoms with Crippen molar-refractivity contribution in [1.29, 1.82) is 5.41 Å². The van der Waals surface area contributed by atoms with Crippen molar-refractivity contribution in [3.63, 3.8) is 0 Å². The van der Waals surface area contributed by atoms with Gasteiger partial charge >= 0.3 is 0 Å². The molecule has 0 atom stereocenters. The highest BCUT2D eigenvalue weighted by atomic mass is 32.2. The third-order valence-corrected chi connectivity index (χ3v) is 5.94. The number of benzene rings is 1. The summed E-state index contributed by atoms with van der Waals surface area (Å²) in [6.45, 7) is 5.23. The number of carbonyl (C=O) groups is 1. The fourth-order valence-corrected chi connectivity index (χ4v) is 4.37. The van der Waals surface area contributed by atoms with Crippen molar-refractivity contribution in [3.8, 4) is 5.75 Å². The molecule has 2 aromatic rings. The Morgan fingerprint density at radius 2 is 1.93 bits per heavy atom. The molecule has 0 spiro atoms. The van der Waals surface area contributed by atoms with Gasteiger partial charge in [-0.2, -0.15) is 0 Å². The molecule has 0 radical (unpaired) electrons. The van der Waals surface area contributed by atoms with Gasteiger partial charge in [-0.05, 0) is 35.9 Å². The molecule has 158 valence electrons. The number of halogens is 1. The number of pyridine rings is 1. The van der Waals surface area contributed by atoms with Gasteiger partial charge in [0, 0.05) is 32.3 Å². The molecule has 0 aliphatic carbocycles. The zero-order chi connectivity index (χ0) is 21.8. The number of nitrogens with zero attached hydrogens (tertiary/aromatic N) is 2. The lowest BCUT2D eigenvalue weighted by molar-refractivity contribution is 0.0707. The predicted octanol–water partition coefficient (Wildman–Crippen LogP) is 3.76. The van der Waals surface area contributed by atoms with Gasteiger partial charge in [0.1, 0.15) is 10.9 Å². The van der Waals surface area contributed by atoms with Gasteiger partial charge in [-0.25, -0.2) is 4.39 Å². The van der Waals surface area contributed by atoms with E-state index in [-0.39, 0.29) is 28.0 Å². The first-order valence-electron chi connectivity index (χ1n) is 9.81. The maximum absolute atomic E-state index is 13.2. The first kappa shape index (κ1) is 21.8. The molecule has 0 bridgehead atoms. The number of likely N-dealkylation sites (N-methyl/N-ethyl adjacent to an activating group) is 1. The molecule has 3 rings (SSSR count). The van der Waals surface area contributed by atoms with Crippen molar-refractivity contribution in [3.05, 3.63) is 74.3 Å². The lowest BCUT2D eigenvalue weighted by atomic mass is 10.1. The second-order valence-corrected chi connectivity index (χ2v) is 8.10. The molecule has 1 amide bonds. The Morgan fingerprint density at radius 3 is 2.57 bits per heavy atom. The molecule has 2 N–H and O–H groups in total. The molecule has 0 saturated carbocycles. The van der Waals surface area contributed by atoms with Gasteiger partial charge in [-0.1, -0.05) is 36.9 Å². The lowest BCUT2D eigenvalue weighted by Crippen LogP contribution is -2.41. The summed E-state index contributed by atoms with van der Waals surface area (Å²) < 4.78 is 14.7. The summed E-state index contributed by atoms with van der Waals surface area (Å²) >= 11 is 1.13. The molecule has 8 heteroatoms. The van der Waals surface area contributed by atoms with Crippen LogP contribution in [0.25, 0.3) is 0 Å². The van der Waals surface area contributed by atoms with Crippen molar-refractivity contribution in [2.24, 2.45) is 0 Å². The maximum atomic E-state index is 13.2. The Balaban J connectivity index is 1.88. The fourth-order valence-electron chi connectivity index (χ4n) is 3.36. The number of carbonyl (C=O) groups excluding carboxylic acids is 1.